The minimum Gasteiger partial charge on any atom is -0.390 e. The van der Waals surface area contributed by atoms with E-state index in [-0.39, 0.29) is 22.6 Å². The quantitative estimate of drug-likeness (QED) is 0.569. The van der Waals surface area contributed by atoms with E-state index in [0.717, 1.165) is 6.07 Å². The molecular formula is C24H26F3N5O3. The first kappa shape index (κ1) is 24.6. The molecule has 0 spiro atoms. The van der Waals surface area contributed by atoms with E-state index in [1.54, 1.807) is 13.8 Å². The monoisotopic (exact) mass is 489 g/mol. The van der Waals surface area contributed by atoms with E-state index >= 15 is 0 Å². The number of halogens is 3. The summed E-state index contributed by atoms with van der Waals surface area (Å²) in [5.41, 5.74) is -1.90. The molecule has 0 bridgehead atoms. The highest BCUT2D eigenvalue weighted by Gasteiger charge is 2.31. The molecule has 1 atom stereocenters. The van der Waals surface area contributed by atoms with E-state index in [2.05, 4.69) is 15.3 Å². The summed E-state index contributed by atoms with van der Waals surface area (Å²) < 4.78 is 42.2. The Morgan fingerprint density at radius 3 is 2.51 bits per heavy atom. The van der Waals surface area contributed by atoms with Crippen molar-refractivity contribution in [2.75, 3.05) is 18.4 Å². The number of hydrogen-bond acceptors (Lipinski definition) is 6. The van der Waals surface area contributed by atoms with Gasteiger partial charge in [0.2, 0.25) is 0 Å². The molecule has 4 rings (SSSR count). The van der Waals surface area contributed by atoms with Crippen LogP contribution < -0.4 is 10.9 Å². The molecule has 186 valence electrons. The number of hydrogen-bond donors (Lipinski definition) is 2. The van der Waals surface area contributed by atoms with Crippen LogP contribution in [0.2, 0.25) is 0 Å². The molecule has 11 heteroatoms. The number of piperidine rings is 1. The fourth-order valence-corrected chi connectivity index (χ4v) is 4.25. The molecule has 2 aromatic heterocycles. The average Bonchev–Trinajstić information content (AvgIpc) is 2.81. The minimum absolute atomic E-state index is 0.0241. The van der Waals surface area contributed by atoms with Crippen LogP contribution in [-0.4, -0.2) is 49.1 Å². The highest BCUT2D eigenvalue weighted by Crippen LogP contribution is 2.30. The number of pyridine rings is 1. The van der Waals surface area contributed by atoms with Crippen LogP contribution in [0.5, 0.6) is 0 Å². The Kier molecular flexibility index (Phi) is 6.54. The van der Waals surface area contributed by atoms with Gasteiger partial charge in [0.1, 0.15) is 29.2 Å². The molecule has 0 saturated carbocycles. The van der Waals surface area contributed by atoms with Gasteiger partial charge in [-0.05, 0) is 32.8 Å². The first-order valence-electron chi connectivity index (χ1n) is 11.2. The number of fused-ring (bicyclic) bond motifs is 1. The molecule has 1 aliphatic heterocycles. The maximum atomic E-state index is 14.7. The number of aryl methyl sites for hydroxylation is 1. The van der Waals surface area contributed by atoms with Crippen molar-refractivity contribution in [3.05, 3.63) is 63.5 Å². The van der Waals surface area contributed by atoms with Crippen LogP contribution in [0.3, 0.4) is 0 Å². The third-order valence-electron chi connectivity index (χ3n) is 6.48. The summed E-state index contributed by atoms with van der Waals surface area (Å²) in [5, 5.41) is 13.5. The van der Waals surface area contributed by atoms with Crippen LogP contribution in [0.4, 0.5) is 19.0 Å². The maximum absolute atomic E-state index is 14.7. The van der Waals surface area contributed by atoms with E-state index < -0.39 is 40.9 Å². The Hall–Kier alpha value is -3.47. The fourth-order valence-electron chi connectivity index (χ4n) is 4.25. The lowest BCUT2D eigenvalue weighted by Crippen LogP contribution is -2.46. The molecule has 0 aliphatic carbocycles. The summed E-state index contributed by atoms with van der Waals surface area (Å²) in [6.07, 6.45) is -0.951. The smallest absolute Gasteiger partial charge is 0.266 e. The van der Waals surface area contributed by atoms with Crippen LogP contribution >= 0.6 is 0 Å². The van der Waals surface area contributed by atoms with Crippen molar-refractivity contribution in [1.82, 2.24) is 19.4 Å². The van der Waals surface area contributed by atoms with Gasteiger partial charge in [-0.2, -0.15) is 0 Å². The molecule has 1 aliphatic rings. The predicted octanol–water partition coefficient (Wildman–Crippen LogP) is 3.57. The highest BCUT2D eigenvalue weighted by atomic mass is 19.3. The third-order valence-corrected chi connectivity index (χ3v) is 6.48. The molecule has 8 nitrogen and oxygen atoms in total. The molecule has 2 N–H and O–H groups in total. The van der Waals surface area contributed by atoms with E-state index in [0.29, 0.717) is 31.3 Å². The number of amides is 1. The topological polar surface area (TPSA) is 100 Å². The van der Waals surface area contributed by atoms with Gasteiger partial charge in [-0.1, -0.05) is 18.2 Å². The lowest BCUT2D eigenvalue weighted by molar-refractivity contribution is -0.00208. The Labute approximate surface area is 199 Å². The number of alkyl halides is 2. The number of carbonyl (C=O) groups excluding carboxylic acids is 1. The van der Waals surface area contributed by atoms with Gasteiger partial charge >= 0.3 is 0 Å². The number of aromatic nitrogens is 3. The largest absolute Gasteiger partial charge is 0.390 e. The zero-order valence-corrected chi connectivity index (χ0v) is 19.6. The van der Waals surface area contributed by atoms with Crippen molar-refractivity contribution in [3.63, 3.8) is 0 Å². The number of rotatable bonds is 5. The number of anilines is 1. The van der Waals surface area contributed by atoms with Gasteiger partial charge < -0.3 is 15.3 Å². The highest BCUT2D eigenvalue weighted by molar-refractivity contribution is 5.99. The first-order chi connectivity index (χ1) is 16.5. The van der Waals surface area contributed by atoms with E-state index in [1.807, 2.05) is 0 Å². The number of nitrogens with one attached hydrogen (secondary N) is 1. The van der Waals surface area contributed by atoms with Crippen molar-refractivity contribution in [1.29, 1.82) is 0 Å². The molecular weight excluding hydrogens is 463 g/mol. The van der Waals surface area contributed by atoms with Gasteiger partial charge in [0.15, 0.2) is 0 Å². The summed E-state index contributed by atoms with van der Waals surface area (Å²) in [5.74, 6) is -1.26. The minimum atomic E-state index is -2.95. The van der Waals surface area contributed by atoms with Crippen LogP contribution in [-0.2, 0) is 7.05 Å². The molecule has 3 aromatic rings. The third kappa shape index (κ3) is 4.72. The van der Waals surface area contributed by atoms with Crippen molar-refractivity contribution < 1.29 is 23.1 Å². The Morgan fingerprint density at radius 2 is 1.86 bits per heavy atom. The lowest BCUT2D eigenvalue weighted by Gasteiger charge is -2.35. The molecule has 1 aromatic carbocycles. The van der Waals surface area contributed by atoms with Gasteiger partial charge in [-0.3, -0.25) is 14.2 Å². The van der Waals surface area contributed by atoms with Crippen molar-refractivity contribution in [2.24, 2.45) is 7.05 Å². The zero-order valence-electron chi connectivity index (χ0n) is 19.6. The fraction of sp³-hybridized carbons (Fsp3) is 0.417. The average molecular weight is 489 g/mol. The molecule has 1 saturated heterocycles. The summed E-state index contributed by atoms with van der Waals surface area (Å²) in [4.78, 5) is 36.0. The molecule has 3 heterocycles. The number of likely N-dealkylation sites (tertiary alicyclic amines) is 1. The molecule has 35 heavy (non-hydrogen) atoms. The standard InChI is InChI=1S/C24H26F3N5O3/c1-13(14-5-4-6-15(18(14)25)19(26)27)30-20-16-11-17(22(33)31(3)21(16)29-12-28-20)23(34)32-9-7-24(2,35)8-10-32/h4-6,11-13,19,35H,7-10H2,1-3H3,(H,28,29,30)/t13-/m1/s1. The van der Waals surface area contributed by atoms with Gasteiger partial charge in [-0.25, -0.2) is 23.1 Å². The molecule has 1 amide bonds. The molecule has 0 radical (unpaired) electrons. The van der Waals surface area contributed by atoms with E-state index in [4.69, 9.17) is 0 Å². The number of aliphatic hydroxyl groups is 1. The van der Waals surface area contributed by atoms with Gasteiger partial charge in [-0.15, -0.1) is 0 Å². The van der Waals surface area contributed by atoms with Crippen LogP contribution in [0.25, 0.3) is 11.0 Å². The molecule has 1 fully saturated rings. The second-order valence-electron chi connectivity index (χ2n) is 9.09. The predicted molar refractivity (Wildman–Crippen MR) is 124 cm³/mol. The Morgan fingerprint density at radius 1 is 1.20 bits per heavy atom. The maximum Gasteiger partial charge on any atom is 0.266 e. The number of benzene rings is 1. The van der Waals surface area contributed by atoms with Gasteiger partial charge in [0.25, 0.3) is 17.9 Å². The summed E-state index contributed by atoms with van der Waals surface area (Å²) in [7, 11) is 1.48. The van der Waals surface area contributed by atoms with Crippen molar-refractivity contribution >= 4 is 22.8 Å². The van der Waals surface area contributed by atoms with Gasteiger partial charge in [0, 0.05) is 25.7 Å². The van der Waals surface area contributed by atoms with Crippen LogP contribution in [0.1, 0.15) is 60.6 Å². The number of nitrogens with zero attached hydrogens (tertiary/aromatic N) is 4. The second-order valence-corrected chi connectivity index (χ2v) is 9.09. The molecule has 0 unspecified atom stereocenters. The Bertz CT molecular complexity index is 1330. The normalized spacial score (nSPS) is 16.5. The summed E-state index contributed by atoms with van der Waals surface area (Å²) >= 11 is 0. The van der Waals surface area contributed by atoms with Crippen molar-refractivity contribution in [3.8, 4) is 0 Å². The van der Waals surface area contributed by atoms with Gasteiger partial charge in [0.05, 0.1) is 22.6 Å². The van der Waals surface area contributed by atoms with Crippen LogP contribution in [0.15, 0.2) is 35.4 Å². The van der Waals surface area contributed by atoms with E-state index in [1.165, 1.54) is 41.0 Å². The van der Waals surface area contributed by atoms with E-state index in [9.17, 15) is 27.9 Å². The first-order valence-corrected chi connectivity index (χ1v) is 11.2. The number of carbonyl (C=O) groups is 1. The Balaban J connectivity index is 1.71. The summed E-state index contributed by atoms with van der Waals surface area (Å²) in [6.45, 7) is 3.91. The second kappa shape index (κ2) is 9.29. The van der Waals surface area contributed by atoms with Crippen molar-refractivity contribution in [2.45, 2.75) is 44.8 Å². The SMILES string of the molecule is C[C@@H](Nc1ncnc2c1cc(C(=O)N1CCC(C)(O)CC1)c(=O)n2C)c1cccc(C(F)F)c1F. The lowest BCUT2D eigenvalue weighted by atomic mass is 9.93. The van der Waals surface area contributed by atoms with Crippen LogP contribution in [0, 0.1) is 5.82 Å². The summed E-state index contributed by atoms with van der Waals surface area (Å²) in [6, 6.07) is 4.43. The zero-order chi connectivity index (χ0) is 25.5.